The van der Waals surface area contributed by atoms with Gasteiger partial charge in [-0.05, 0) is 30.7 Å². The fourth-order valence-corrected chi connectivity index (χ4v) is 1.82. The molecule has 4 N–H and O–H groups in total. The standard InChI is InChI=1S/C14H15FN4O/c1-9(10-2-4-11(15)5-3-10)18-14(20)12-6-7-17-8-13(12)19-16/h2-9,19H,16H2,1H3,(H,18,20). The van der Waals surface area contributed by atoms with Crippen LogP contribution in [0.15, 0.2) is 42.7 Å². The average Bonchev–Trinajstić information content (AvgIpc) is 2.47. The molecule has 0 radical (unpaired) electrons. The first kappa shape index (κ1) is 14.0. The molecule has 0 aliphatic carbocycles. The summed E-state index contributed by atoms with van der Waals surface area (Å²) >= 11 is 0. The van der Waals surface area contributed by atoms with Crippen LogP contribution in [0.2, 0.25) is 0 Å². The van der Waals surface area contributed by atoms with Crippen LogP contribution in [-0.4, -0.2) is 10.9 Å². The predicted octanol–water partition coefficient (Wildman–Crippen LogP) is 2.00. The minimum atomic E-state index is -0.309. The Labute approximate surface area is 116 Å². The van der Waals surface area contributed by atoms with Gasteiger partial charge in [0.05, 0.1) is 23.5 Å². The summed E-state index contributed by atoms with van der Waals surface area (Å²) in [6.07, 6.45) is 2.98. The highest BCUT2D eigenvalue weighted by molar-refractivity contribution is 5.99. The van der Waals surface area contributed by atoms with E-state index in [0.717, 1.165) is 5.56 Å². The summed E-state index contributed by atoms with van der Waals surface area (Å²) in [5.41, 5.74) is 4.08. The number of rotatable bonds is 4. The topological polar surface area (TPSA) is 80.0 Å². The molecule has 1 unspecified atom stereocenters. The smallest absolute Gasteiger partial charge is 0.254 e. The lowest BCUT2D eigenvalue weighted by Crippen LogP contribution is -2.28. The van der Waals surface area contributed by atoms with Crippen molar-refractivity contribution < 1.29 is 9.18 Å². The molecule has 0 spiro atoms. The van der Waals surface area contributed by atoms with Crippen LogP contribution in [-0.2, 0) is 0 Å². The summed E-state index contributed by atoms with van der Waals surface area (Å²) in [6.45, 7) is 1.82. The number of nitrogen functional groups attached to an aromatic ring is 1. The van der Waals surface area contributed by atoms with Crippen molar-refractivity contribution in [2.45, 2.75) is 13.0 Å². The zero-order chi connectivity index (χ0) is 14.5. The lowest BCUT2D eigenvalue weighted by molar-refractivity contribution is 0.0940. The Morgan fingerprint density at radius 3 is 2.65 bits per heavy atom. The maximum atomic E-state index is 12.9. The van der Waals surface area contributed by atoms with Gasteiger partial charge in [0.1, 0.15) is 5.82 Å². The van der Waals surface area contributed by atoms with E-state index in [0.29, 0.717) is 11.3 Å². The van der Waals surface area contributed by atoms with E-state index in [1.54, 1.807) is 18.2 Å². The van der Waals surface area contributed by atoms with E-state index in [4.69, 9.17) is 5.84 Å². The van der Waals surface area contributed by atoms with Crippen LogP contribution < -0.4 is 16.6 Å². The van der Waals surface area contributed by atoms with E-state index in [-0.39, 0.29) is 17.8 Å². The number of carbonyl (C=O) groups is 1. The van der Waals surface area contributed by atoms with Crippen molar-refractivity contribution in [3.05, 3.63) is 59.7 Å². The Kier molecular flexibility index (Phi) is 4.27. The summed E-state index contributed by atoms with van der Waals surface area (Å²) in [7, 11) is 0. The van der Waals surface area contributed by atoms with E-state index >= 15 is 0 Å². The number of amides is 1. The second-order valence-electron chi connectivity index (χ2n) is 4.31. The van der Waals surface area contributed by atoms with Crippen molar-refractivity contribution in [2.75, 3.05) is 5.43 Å². The average molecular weight is 274 g/mol. The van der Waals surface area contributed by atoms with Crippen LogP contribution in [0.25, 0.3) is 0 Å². The molecule has 1 atom stereocenters. The van der Waals surface area contributed by atoms with Gasteiger partial charge < -0.3 is 10.7 Å². The minimum Gasteiger partial charge on any atom is -0.345 e. The first-order valence-electron chi connectivity index (χ1n) is 6.08. The fourth-order valence-electron chi connectivity index (χ4n) is 1.82. The fraction of sp³-hybridized carbons (Fsp3) is 0.143. The first-order valence-corrected chi connectivity index (χ1v) is 6.08. The maximum Gasteiger partial charge on any atom is 0.254 e. The molecule has 0 aliphatic heterocycles. The number of carbonyl (C=O) groups excluding carboxylic acids is 1. The number of nitrogens with two attached hydrogens (primary N) is 1. The molecular weight excluding hydrogens is 259 g/mol. The van der Waals surface area contributed by atoms with Crippen molar-refractivity contribution in [2.24, 2.45) is 5.84 Å². The van der Waals surface area contributed by atoms with Gasteiger partial charge in [0.2, 0.25) is 0 Å². The molecule has 0 saturated heterocycles. The Morgan fingerprint density at radius 2 is 2.00 bits per heavy atom. The molecule has 5 nitrogen and oxygen atoms in total. The lowest BCUT2D eigenvalue weighted by Gasteiger charge is -2.15. The third kappa shape index (κ3) is 3.10. The quantitative estimate of drug-likeness (QED) is 0.588. The van der Waals surface area contributed by atoms with Crippen LogP contribution in [0.3, 0.4) is 0 Å². The van der Waals surface area contributed by atoms with Gasteiger partial charge in [-0.25, -0.2) is 4.39 Å². The van der Waals surface area contributed by atoms with E-state index < -0.39 is 0 Å². The molecule has 2 aromatic rings. The van der Waals surface area contributed by atoms with Crippen molar-refractivity contribution in [1.29, 1.82) is 0 Å². The Morgan fingerprint density at radius 1 is 1.30 bits per heavy atom. The maximum absolute atomic E-state index is 12.9. The number of benzene rings is 1. The number of hydrazine groups is 1. The van der Waals surface area contributed by atoms with Crippen molar-refractivity contribution >= 4 is 11.6 Å². The zero-order valence-electron chi connectivity index (χ0n) is 10.9. The van der Waals surface area contributed by atoms with E-state index in [1.165, 1.54) is 24.5 Å². The molecule has 1 aromatic heterocycles. The number of nitrogens with zero attached hydrogens (tertiary/aromatic N) is 1. The normalized spacial score (nSPS) is 11.8. The molecule has 0 saturated carbocycles. The second-order valence-corrected chi connectivity index (χ2v) is 4.31. The van der Waals surface area contributed by atoms with Gasteiger partial charge in [-0.2, -0.15) is 0 Å². The molecule has 104 valence electrons. The Balaban J connectivity index is 2.13. The number of hydrogen-bond acceptors (Lipinski definition) is 4. The number of aromatic nitrogens is 1. The van der Waals surface area contributed by atoms with Crippen LogP contribution in [0.1, 0.15) is 28.9 Å². The van der Waals surface area contributed by atoms with Crippen molar-refractivity contribution in [3.8, 4) is 0 Å². The van der Waals surface area contributed by atoms with Gasteiger partial charge >= 0.3 is 0 Å². The molecule has 0 fully saturated rings. The number of anilines is 1. The minimum absolute atomic E-state index is 0.248. The zero-order valence-corrected chi connectivity index (χ0v) is 10.9. The molecule has 6 heteroatoms. The number of nitrogens with one attached hydrogen (secondary N) is 2. The third-order valence-corrected chi connectivity index (χ3v) is 2.94. The number of pyridine rings is 1. The number of halogens is 1. The Hall–Kier alpha value is -2.47. The van der Waals surface area contributed by atoms with E-state index in [1.807, 2.05) is 6.92 Å². The highest BCUT2D eigenvalue weighted by atomic mass is 19.1. The van der Waals surface area contributed by atoms with Gasteiger partial charge in [0.15, 0.2) is 0 Å². The van der Waals surface area contributed by atoms with E-state index in [9.17, 15) is 9.18 Å². The lowest BCUT2D eigenvalue weighted by atomic mass is 10.1. The second kappa shape index (κ2) is 6.12. The monoisotopic (exact) mass is 274 g/mol. The van der Waals surface area contributed by atoms with Gasteiger partial charge in [-0.3, -0.25) is 15.6 Å². The summed E-state index contributed by atoms with van der Waals surface area (Å²) in [5, 5.41) is 2.82. The molecule has 1 aromatic carbocycles. The summed E-state index contributed by atoms with van der Waals surface area (Å²) in [5.74, 6) is 4.75. The van der Waals surface area contributed by atoms with Gasteiger partial charge in [-0.15, -0.1) is 0 Å². The SMILES string of the molecule is CC(NC(=O)c1ccncc1NN)c1ccc(F)cc1. The van der Waals surface area contributed by atoms with Gasteiger partial charge in [-0.1, -0.05) is 12.1 Å². The van der Waals surface area contributed by atoms with Crippen LogP contribution in [0, 0.1) is 5.82 Å². The first-order chi connectivity index (χ1) is 9.61. The summed E-state index contributed by atoms with van der Waals surface area (Å²) < 4.78 is 12.9. The molecule has 0 aliphatic rings. The largest absolute Gasteiger partial charge is 0.345 e. The molecule has 1 heterocycles. The van der Waals surface area contributed by atoms with Crippen molar-refractivity contribution in [3.63, 3.8) is 0 Å². The van der Waals surface area contributed by atoms with Gasteiger partial charge in [0, 0.05) is 6.20 Å². The highest BCUT2D eigenvalue weighted by Gasteiger charge is 2.14. The predicted molar refractivity (Wildman–Crippen MR) is 74.3 cm³/mol. The molecule has 0 bridgehead atoms. The molecular formula is C14H15FN4O. The van der Waals surface area contributed by atoms with Gasteiger partial charge in [0.25, 0.3) is 5.91 Å². The summed E-state index contributed by atoms with van der Waals surface area (Å²) in [4.78, 5) is 16.0. The van der Waals surface area contributed by atoms with Crippen LogP contribution in [0.4, 0.5) is 10.1 Å². The van der Waals surface area contributed by atoms with E-state index in [2.05, 4.69) is 15.7 Å². The molecule has 2 rings (SSSR count). The van der Waals surface area contributed by atoms with Crippen LogP contribution in [0.5, 0.6) is 0 Å². The molecule has 20 heavy (non-hydrogen) atoms. The molecule has 1 amide bonds. The van der Waals surface area contributed by atoms with Crippen molar-refractivity contribution in [1.82, 2.24) is 10.3 Å². The van der Waals surface area contributed by atoms with Crippen LogP contribution >= 0.6 is 0 Å². The summed E-state index contributed by atoms with van der Waals surface area (Å²) in [6, 6.07) is 7.31. The number of hydrogen-bond donors (Lipinski definition) is 3. The third-order valence-electron chi connectivity index (χ3n) is 2.94. The highest BCUT2D eigenvalue weighted by Crippen LogP contribution is 2.16. The Bertz CT molecular complexity index is 600.